The van der Waals surface area contributed by atoms with Crippen molar-refractivity contribution in [1.82, 2.24) is 20.1 Å². The molecule has 0 spiro atoms. The number of hydrogen-bond donors (Lipinski definition) is 1. The summed E-state index contributed by atoms with van der Waals surface area (Å²) in [7, 11) is 0. The van der Waals surface area contributed by atoms with E-state index in [4.69, 9.17) is 19.0 Å². The van der Waals surface area contributed by atoms with Crippen LogP contribution in [0.25, 0.3) is 22.5 Å². The van der Waals surface area contributed by atoms with Gasteiger partial charge in [0.15, 0.2) is 5.82 Å². The van der Waals surface area contributed by atoms with Crippen LogP contribution >= 0.6 is 0 Å². The van der Waals surface area contributed by atoms with E-state index in [0.717, 1.165) is 52.8 Å². The Labute approximate surface area is 217 Å². The van der Waals surface area contributed by atoms with Crippen molar-refractivity contribution in [3.63, 3.8) is 0 Å². The molecule has 8 nitrogen and oxygen atoms in total. The van der Waals surface area contributed by atoms with Crippen molar-refractivity contribution in [2.45, 2.75) is 59.5 Å². The summed E-state index contributed by atoms with van der Waals surface area (Å²) in [6.07, 6.45) is 3.85. The average Bonchev–Trinajstić information content (AvgIpc) is 3.33. The number of aryl methyl sites for hydroxylation is 2. The molecule has 0 unspecified atom stereocenters. The zero-order valence-corrected chi connectivity index (χ0v) is 21.9. The van der Waals surface area contributed by atoms with Gasteiger partial charge in [-0.15, -0.1) is 0 Å². The van der Waals surface area contributed by atoms with Gasteiger partial charge in [0.1, 0.15) is 12.4 Å². The molecule has 37 heavy (non-hydrogen) atoms. The van der Waals surface area contributed by atoms with Crippen LogP contribution in [-0.4, -0.2) is 39.4 Å². The fourth-order valence-corrected chi connectivity index (χ4v) is 4.19. The van der Waals surface area contributed by atoms with Crippen LogP contribution in [-0.2, 0) is 17.6 Å². The average molecular weight is 503 g/mol. The predicted molar refractivity (Wildman–Crippen MR) is 143 cm³/mol. The van der Waals surface area contributed by atoms with Gasteiger partial charge < -0.3 is 9.47 Å². The molecule has 0 radical (unpaired) electrons. The summed E-state index contributed by atoms with van der Waals surface area (Å²) < 4.78 is 16.5. The molecule has 0 saturated heterocycles. The minimum atomic E-state index is -0.576. The minimum Gasteiger partial charge on any atom is -0.475 e. The van der Waals surface area contributed by atoms with E-state index >= 15 is 0 Å². The van der Waals surface area contributed by atoms with Gasteiger partial charge in [-0.3, -0.25) is 9.51 Å². The van der Waals surface area contributed by atoms with Crippen molar-refractivity contribution < 1.29 is 14.0 Å². The highest BCUT2D eigenvalue weighted by molar-refractivity contribution is 5.80. The van der Waals surface area contributed by atoms with Gasteiger partial charge in [0.05, 0.1) is 18.4 Å². The number of benzene rings is 2. The van der Waals surface area contributed by atoms with Crippen LogP contribution in [0.3, 0.4) is 0 Å². The number of hydrogen-bond acceptors (Lipinski definition) is 7. The lowest BCUT2D eigenvalue weighted by Crippen LogP contribution is -2.14. The Morgan fingerprint density at radius 2 is 1.76 bits per heavy atom. The van der Waals surface area contributed by atoms with Gasteiger partial charge in [-0.1, -0.05) is 67.0 Å². The maximum Gasteiger partial charge on any atom is 0.439 e. The molecule has 0 aliphatic carbocycles. The molecule has 4 rings (SSSR count). The summed E-state index contributed by atoms with van der Waals surface area (Å²) >= 11 is 0. The largest absolute Gasteiger partial charge is 0.475 e. The first-order valence-electron chi connectivity index (χ1n) is 12.8. The molecule has 0 saturated carbocycles. The maximum atomic E-state index is 11.5. The second-order valence-electron chi connectivity index (χ2n) is 9.24. The van der Waals surface area contributed by atoms with Crippen LogP contribution in [0.15, 0.2) is 57.8 Å². The van der Waals surface area contributed by atoms with Crippen LogP contribution in [0, 0.1) is 6.92 Å². The van der Waals surface area contributed by atoms with Crippen molar-refractivity contribution in [3.8, 4) is 28.4 Å². The molecule has 0 atom stereocenters. The predicted octanol–water partition coefficient (Wildman–Crippen LogP) is 5.53. The fourth-order valence-electron chi connectivity index (χ4n) is 4.19. The first-order valence-corrected chi connectivity index (χ1v) is 12.8. The van der Waals surface area contributed by atoms with Crippen molar-refractivity contribution in [3.05, 3.63) is 81.7 Å². The Hall–Kier alpha value is -3.78. The van der Waals surface area contributed by atoms with E-state index in [1.54, 1.807) is 0 Å². The molecule has 2 heterocycles. The molecule has 4 aromatic rings. The third kappa shape index (κ3) is 6.92. The summed E-state index contributed by atoms with van der Waals surface area (Å²) in [5, 5.41) is 3.86. The quantitative estimate of drug-likeness (QED) is 0.254. The van der Waals surface area contributed by atoms with Gasteiger partial charge in [0.25, 0.3) is 0 Å². The van der Waals surface area contributed by atoms with Gasteiger partial charge in [0, 0.05) is 17.5 Å². The molecule has 8 heteroatoms. The van der Waals surface area contributed by atoms with Gasteiger partial charge in [-0.05, 0) is 50.3 Å². The Morgan fingerprint density at radius 1 is 1.00 bits per heavy atom. The lowest BCUT2D eigenvalue weighted by molar-refractivity contribution is 0.0539. The number of nitrogens with zero attached hydrogens (tertiary/aromatic N) is 3. The molecule has 0 aliphatic rings. The number of nitrogens with one attached hydrogen (secondary N) is 1. The van der Waals surface area contributed by atoms with E-state index in [1.807, 2.05) is 45.0 Å². The number of H-pyrrole nitrogens is 1. The molecule has 194 valence electrons. The zero-order chi connectivity index (χ0) is 26.2. The van der Waals surface area contributed by atoms with Crippen LogP contribution in [0.5, 0.6) is 5.88 Å². The fraction of sp³-hybridized carbons (Fsp3) is 0.379. The van der Waals surface area contributed by atoms with E-state index in [2.05, 4.69) is 46.3 Å². The second-order valence-corrected chi connectivity index (χ2v) is 9.24. The van der Waals surface area contributed by atoms with Crippen molar-refractivity contribution in [1.29, 1.82) is 0 Å². The number of ether oxygens (including phenoxy) is 2. The number of rotatable bonds is 12. The van der Waals surface area contributed by atoms with E-state index in [9.17, 15) is 4.79 Å². The molecule has 0 amide bonds. The Balaban J connectivity index is 1.60. The van der Waals surface area contributed by atoms with Crippen molar-refractivity contribution in [2.24, 2.45) is 0 Å². The molecule has 2 aromatic carbocycles. The monoisotopic (exact) mass is 502 g/mol. The standard InChI is InChI=1S/C29H34N4O4/c1-5-6-11-26-25(28(31-20(4)30-26)36-17-16-35-19(2)3)18-21-12-14-22(15-13-21)23-9-7-8-10-24(23)27-32-29(34)37-33-27/h7-10,12-15,19H,5-6,11,16-18H2,1-4H3,(H,32,33,34). The number of aromatic nitrogens is 4. The van der Waals surface area contributed by atoms with Crippen molar-refractivity contribution >= 4 is 0 Å². The maximum absolute atomic E-state index is 11.5. The zero-order valence-electron chi connectivity index (χ0n) is 21.9. The smallest absolute Gasteiger partial charge is 0.439 e. The highest BCUT2D eigenvalue weighted by Crippen LogP contribution is 2.31. The summed E-state index contributed by atoms with van der Waals surface area (Å²) in [5.74, 6) is 1.18. The molecule has 1 N–H and O–H groups in total. The normalized spacial score (nSPS) is 11.3. The van der Waals surface area contributed by atoms with E-state index in [-0.39, 0.29) is 6.10 Å². The molecular formula is C29H34N4O4. The van der Waals surface area contributed by atoms with Gasteiger partial charge >= 0.3 is 5.76 Å². The first-order chi connectivity index (χ1) is 17.9. The topological polar surface area (TPSA) is 103 Å². The lowest BCUT2D eigenvalue weighted by Gasteiger charge is -2.16. The van der Waals surface area contributed by atoms with E-state index in [1.165, 1.54) is 0 Å². The van der Waals surface area contributed by atoms with E-state index < -0.39 is 5.76 Å². The number of aromatic amines is 1. The second kappa shape index (κ2) is 12.5. The van der Waals surface area contributed by atoms with Crippen LogP contribution in [0.1, 0.15) is 56.3 Å². The van der Waals surface area contributed by atoms with Gasteiger partial charge in [-0.25, -0.2) is 9.78 Å². The Morgan fingerprint density at radius 3 is 2.43 bits per heavy atom. The third-order valence-corrected chi connectivity index (χ3v) is 5.98. The summed E-state index contributed by atoms with van der Waals surface area (Å²) in [5.41, 5.74) is 5.96. The van der Waals surface area contributed by atoms with Gasteiger partial charge in [0.2, 0.25) is 5.88 Å². The molecule has 0 bridgehead atoms. The van der Waals surface area contributed by atoms with Crippen molar-refractivity contribution in [2.75, 3.05) is 13.2 Å². The summed E-state index contributed by atoms with van der Waals surface area (Å²) in [4.78, 5) is 23.5. The Kier molecular flexibility index (Phi) is 8.85. The highest BCUT2D eigenvalue weighted by atomic mass is 16.5. The summed E-state index contributed by atoms with van der Waals surface area (Å²) in [6.45, 7) is 9.06. The van der Waals surface area contributed by atoms with Crippen LogP contribution < -0.4 is 10.5 Å². The lowest BCUT2D eigenvalue weighted by atomic mass is 9.96. The van der Waals surface area contributed by atoms with Crippen LogP contribution in [0.2, 0.25) is 0 Å². The third-order valence-electron chi connectivity index (χ3n) is 5.98. The van der Waals surface area contributed by atoms with E-state index in [0.29, 0.717) is 37.2 Å². The molecular weight excluding hydrogens is 468 g/mol. The van der Waals surface area contributed by atoms with Crippen LogP contribution in [0.4, 0.5) is 0 Å². The molecule has 0 fully saturated rings. The number of unbranched alkanes of at least 4 members (excludes halogenated alkanes) is 1. The summed E-state index contributed by atoms with van der Waals surface area (Å²) in [6, 6.07) is 16.1. The van der Waals surface area contributed by atoms with Gasteiger partial charge in [-0.2, -0.15) is 4.98 Å². The highest BCUT2D eigenvalue weighted by Gasteiger charge is 2.16. The molecule has 0 aliphatic heterocycles. The minimum absolute atomic E-state index is 0.156. The SMILES string of the molecule is CCCCc1nc(C)nc(OCCOC(C)C)c1Cc1ccc(-c2ccccc2-c2noc(=O)[nH]2)cc1. The Bertz CT molecular complexity index is 1360. The molecule has 2 aromatic heterocycles. The first kappa shape index (κ1) is 26.3.